The number of carbonyl (C=O) groups excluding carboxylic acids is 1. The highest BCUT2D eigenvalue weighted by Crippen LogP contribution is 2.37. The predicted molar refractivity (Wildman–Crippen MR) is 110 cm³/mol. The van der Waals surface area contributed by atoms with Crippen molar-refractivity contribution in [1.29, 1.82) is 0 Å². The SMILES string of the molecule is CC(=O)c1ccccc1OCCN1CCc2sccc2[C@H]1c1ccccc1. The number of rotatable bonds is 6. The lowest BCUT2D eigenvalue weighted by molar-refractivity contribution is 0.101. The van der Waals surface area contributed by atoms with Gasteiger partial charge >= 0.3 is 0 Å². The van der Waals surface area contributed by atoms with E-state index in [4.69, 9.17) is 4.74 Å². The van der Waals surface area contributed by atoms with Gasteiger partial charge in [0.05, 0.1) is 11.6 Å². The van der Waals surface area contributed by atoms with E-state index >= 15 is 0 Å². The number of ketones is 1. The Morgan fingerprint density at radius 1 is 1.11 bits per heavy atom. The van der Waals surface area contributed by atoms with Crippen LogP contribution in [0.25, 0.3) is 0 Å². The van der Waals surface area contributed by atoms with Gasteiger partial charge in [-0.3, -0.25) is 9.69 Å². The minimum atomic E-state index is 0.0358. The molecule has 3 nitrogen and oxygen atoms in total. The third kappa shape index (κ3) is 3.82. The van der Waals surface area contributed by atoms with E-state index in [9.17, 15) is 4.79 Å². The number of hydrogen-bond donors (Lipinski definition) is 0. The predicted octanol–water partition coefficient (Wildman–Crippen LogP) is 4.98. The first-order valence-corrected chi connectivity index (χ1v) is 10.2. The van der Waals surface area contributed by atoms with Crippen LogP contribution in [0.3, 0.4) is 0 Å². The van der Waals surface area contributed by atoms with Crippen LogP contribution in [0.15, 0.2) is 66.0 Å². The first-order chi connectivity index (χ1) is 13.2. The van der Waals surface area contributed by atoms with Crippen LogP contribution in [-0.2, 0) is 6.42 Å². The van der Waals surface area contributed by atoms with Crippen LogP contribution >= 0.6 is 11.3 Å². The molecule has 0 aliphatic carbocycles. The van der Waals surface area contributed by atoms with Gasteiger partial charge < -0.3 is 4.74 Å². The second-order valence-electron chi connectivity index (χ2n) is 6.80. The zero-order valence-corrected chi connectivity index (χ0v) is 16.2. The number of Topliss-reactive ketones (excluding diaryl/α,β-unsaturated/α-hetero) is 1. The van der Waals surface area contributed by atoms with Crippen molar-refractivity contribution in [2.75, 3.05) is 19.7 Å². The van der Waals surface area contributed by atoms with Crippen LogP contribution in [0.5, 0.6) is 5.75 Å². The van der Waals surface area contributed by atoms with E-state index in [0.717, 1.165) is 19.5 Å². The molecule has 27 heavy (non-hydrogen) atoms. The molecule has 0 fully saturated rings. The number of para-hydroxylation sites is 1. The number of nitrogens with zero attached hydrogens (tertiary/aromatic N) is 1. The Morgan fingerprint density at radius 3 is 2.70 bits per heavy atom. The number of hydrogen-bond acceptors (Lipinski definition) is 4. The Labute approximate surface area is 164 Å². The lowest BCUT2D eigenvalue weighted by atomic mass is 9.93. The molecule has 0 bridgehead atoms. The highest BCUT2D eigenvalue weighted by molar-refractivity contribution is 7.10. The largest absolute Gasteiger partial charge is 0.491 e. The van der Waals surface area contributed by atoms with Gasteiger partial charge in [-0.2, -0.15) is 0 Å². The molecular formula is C23H23NO2S. The lowest BCUT2D eigenvalue weighted by Crippen LogP contribution is -2.38. The van der Waals surface area contributed by atoms with Crippen molar-refractivity contribution < 1.29 is 9.53 Å². The first kappa shape index (κ1) is 18.0. The van der Waals surface area contributed by atoms with Crippen LogP contribution in [0.2, 0.25) is 0 Å². The quantitative estimate of drug-likeness (QED) is 0.568. The monoisotopic (exact) mass is 377 g/mol. The molecule has 0 N–H and O–H groups in total. The molecule has 0 saturated heterocycles. The van der Waals surface area contributed by atoms with Gasteiger partial charge in [-0.05, 0) is 48.1 Å². The summed E-state index contributed by atoms with van der Waals surface area (Å²) in [5, 5.41) is 2.20. The van der Waals surface area contributed by atoms with E-state index in [1.165, 1.54) is 16.0 Å². The van der Waals surface area contributed by atoms with Gasteiger partial charge in [-0.15, -0.1) is 11.3 Å². The summed E-state index contributed by atoms with van der Waals surface area (Å²) >= 11 is 1.86. The summed E-state index contributed by atoms with van der Waals surface area (Å²) in [6.07, 6.45) is 1.08. The van der Waals surface area contributed by atoms with Crippen LogP contribution in [-0.4, -0.2) is 30.4 Å². The van der Waals surface area contributed by atoms with Crippen molar-refractivity contribution in [2.45, 2.75) is 19.4 Å². The number of carbonyl (C=O) groups is 1. The molecule has 1 aromatic heterocycles. The highest BCUT2D eigenvalue weighted by atomic mass is 32.1. The van der Waals surface area contributed by atoms with E-state index in [1.807, 2.05) is 35.6 Å². The van der Waals surface area contributed by atoms with Crippen LogP contribution in [0.1, 0.15) is 39.3 Å². The molecule has 3 aromatic rings. The van der Waals surface area contributed by atoms with E-state index < -0.39 is 0 Å². The fourth-order valence-electron chi connectivity index (χ4n) is 3.79. The molecule has 2 aromatic carbocycles. The molecular weight excluding hydrogens is 354 g/mol. The molecule has 0 unspecified atom stereocenters. The summed E-state index contributed by atoms with van der Waals surface area (Å²) in [5.74, 6) is 0.711. The van der Waals surface area contributed by atoms with Gasteiger partial charge in [0.2, 0.25) is 0 Å². The summed E-state index contributed by atoms with van der Waals surface area (Å²) in [5.41, 5.74) is 3.39. The van der Waals surface area contributed by atoms with E-state index in [0.29, 0.717) is 17.9 Å². The van der Waals surface area contributed by atoms with Gasteiger partial charge in [0.15, 0.2) is 5.78 Å². The summed E-state index contributed by atoms with van der Waals surface area (Å²) in [6, 6.07) is 20.7. The smallest absolute Gasteiger partial charge is 0.163 e. The molecule has 0 spiro atoms. The third-order valence-electron chi connectivity index (χ3n) is 5.08. The minimum absolute atomic E-state index is 0.0358. The van der Waals surface area contributed by atoms with E-state index in [2.05, 4.69) is 46.7 Å². The van der Waals surface area contributed by atoms with Crippen molar-refractivity contribution in [3.8, 4) is 5.75 Å². The van der Waals surface area contributed by atoms with Crippen molar-refractivity contribution >= 4 is 17.1 Å². The Balaban J connectivity index is 1.51. The van der Waals surface area contributed by atoms with Gasteiger partial charge in [0.1, 0.15) is 12.4 Å². The highest BCUT2D eigenvalue weighted by Gasteiger charge is 2.29. The maximum Gasteiger partial charge on any atom is 0.163 e. The Morgan fingerprint density at radius 2 is 1.89 bits per heavy atom. The number of ether oxygens (including phenoxy) is 1. The molecule has 138 valence electrons. The fourth-order valence-corrected chi connectivity index (χ4v) is 4.69. The zero-order valence-electron chi connectivity index (χ0n) is 15.4. The molecule has 1 aliphatic heterocycles. The Bertz CT molecular complexity index is 919. The lowest BCUT2D eigenvalue weighted by Gasteiger charge is -2.36. The standard InChI is InChI=1S/C23H23NO2S/c1-17(25)19-9-5-6-10-21(19)26-15-14-24-13-11-22-20(12-16-27-22)23(24)18-7-3-2-4-8-18/h2-10,12,16,23H,11,13-15H2,1H3/t23-/m1/s1. The maximum atomic E-state index is 11.8. The second kappa shape index (κ2) is 8.07. The first-order valence-electron chi connectivity index (χ1n) is 9.32. The Hall–Kier alpha value is -2.43. The van der Waals surface area contributed by atoms with Gasteiger partial charge in [-0.1, -0.05) is 42.5 Å². The summed E-state index contributed by atoms with van der Waals surface area (Å²) in [7, 11) is 0. The maximum absolute atomic E-state index is 11.8. The molecule has 1 aliphatic rings. The zero-order chi connectivity index (χ0) is 18.6. The molecule has 0 radical (unpaired) electrons. The summed E-state index contributed by atoms with van der Waals surface area (Å²) in [6.45, 7) is 3.98. The molecule has 0 amide bonds. The molecule has 2 heterocycles. The van der Waals surface area contributed by atoms with Gasteiger partial charge in [0.25, 0.3) is 0 Å². The van der Waals surface area contributed by atoms with Gasteiger partial charge in [-0.25, -0.2) is 0 Å². The second-order valence-corrected chi connectivity index (χ2v) is 7.80. The third-order valence-corrected chi connectivity index (χ3v) is 6.08. The van der Waals surface area contributed by atoms with Crippen molar-refractivity contribution in [3.63, 3.8) is 0 Å². The Kier molecular flexibility index (Phi) is 5.37. The summed E-state index contributed by atoms with van der Waals surface area (Å²) < 4.78 is 5.99. The normalized spacial score (nSPS) is 16.7. The number of benzene rings is 2. The molecule has 4 heteroatoms. The van der Waals surface area contributed by atoms with Gasteiger partial charge in [0, 0.05) is 18.0 Å². The molecule has 4 rings (SSSR count). The summed E-state index contributed by atoms with van der Waals surface area (Å²) in [4.78, 5) is 15.8. The molecule has 0 saturated carbocycles. The van der Waals surface area contributed by atoms with Crippen molar-refractivity contribution in [1.82, 2.24) is 4.90 Å². The average Bonchev–Trinajstić information content (AvgIpc) is 3.17. The number of fused-ring (bicyclic) bond motifs is 1. The topological polar surface area (TPSA) is 29.5 Å². The fraction of sp³-hybridized carbons (Fsp3) is 0.261. The molecule has 1 atom stereocenters. The van der Waals surface area contributed by atoms with E-state index in [1.54, 1.807) is 6.92 Å². The average molecular weight is 378 g/mol. The number of thiophene rings is 1. The van der Waals surface area contributed by atoms with Crippen molar-refractivity contribution in [2.24, 2.45) is 0 Å². The minimum Gasteiger partial charge on any atom is -0.491 e. The van der Waals surface area contributed by atoms with E-state index in [-0.39, 0.29) is 11.8 Å². The van der Waals surface area contributed by atoms with Crippen LogP contribution in [0.4, 0.5) is 0 Å². The van der Waals surface area contributed by atoms with Crippen LogP contribution < -0.4 is 4.74 Å². The van der Waals surface area contributed by atoms with Crippen LogP contribution in [0, 0.1) is 0 Å². The van der Waals surface area contributed by atoms with Crippen molar-refractivity contribution in [3.05, 3.63) is 87.6 Å².